The summed E-state index contributed by atoms with van der Waals surface area (Å²) in [7, 11) is 1.55. The van der Waals surface area contributed by atoms with Crippen molar-refractivity contribution >= 4 is 28.3 Å². The lowest BCUT2D eigenvalue weighted by Crippen LogP contribution is -2.35. The number of carbonyl (C=O) groups is 2. The molecular weight excluding hydrogens is 444 g/mol. The van der Waals surface area contributed by atoms with Crippen LogP contribution in [0, 0.1) is 0 Å². The van der Waals surface area contributed by atoms with Crippen LogP contribution in [0.2, 0.25) is 0 Å². The molecule has 2 amide bonds. The van der Waals surface area contributed by atoms with Gasteiger partial charge in [-0.25, -0.2) is 0 Å². The Balaban J connectivity index is 1.56. The van der Waals surface area contributed by atoms with Gasteiger partial charge < -0.3 is 15.4 Å². The summed E-state index contributed by atoms with van der Waals surface area (Å²) in [4.78, 5) is 38.5. The van der Waals surface area contributed by atoms with Gasteiger partial charge in [0.15, 0.2) is 5.69 Å². The van der Waals surface area contributed by atoms with Crippen molar-refractivity contribution < 1.29 is 14.3 Å². The van der Waals surface area contributed by atoms with Crippen LogP contribution in [0.4, 0.5) is 5.69 Å². The summed E-state index contributed by atoms with van der Waals surface area (Å²) in [5.41, 5.74) is 1.99. The predicted molar refractivity (Wildman–Crippen MR) is 135 cm³/mol. The minimum atomic E-state index is -0.561. The second kappa shape index (κ2) is 10.2. The van der Waals surface area contributed by atoms with Crippen LogP contribution in [-0.4, -0.2) is 35.2 Å². The van der Waals surface area contributed by atoms with Gasteiger partial charge in [-0.05, 0) is 53.9 Å². The standard InChI is InChI=1S/C27H26N4O4/c1-17(2)18-8-10-19(11-9-18)29-24(32)16-28-26(33)25-22-6-4-5-7-23(22)27(34)31(30-25)20-12-14-21(35-3)15-13-20/h4-15,17H,16H2,1-3H3,(H,28,33)(H,29,32). The third kappa shape index (κ3) is 5.22. The van der Waals surface area contributed by atoms with Crippen LogP contribution in [0.1, 0.15) is 35.8 Å². The van der Waals surface area contributed by atoms with Crippen molar-refractivity contribution in [2.45, 2.75) is 19.8 Å². The summed E-state index contributed by atoms with van der Waals surface area (Å²) in [6.45, 7) is 3.94. The van der Waals surface area contributed by atoms with Gasteiger partial charge in [0.25, 0.3) is 11.5 Å². The molecular formula is C27H26N4O4. The Bertz CT molecular complexity index is 1420. The zero-order chi connectivity index (χ0) is 24.9. The molecule has 4 rings (SSSR count). The fourth-order valence-corrected chi connectivity index (χ4v) is 3.66. The third-order valence-corrected chi connectivity index (χ3v) is 5.61. The minimum Gasteiger partial charge on any atom is -0.497 e. The molecule has 0 fully saturated rings. The van der Waals surface area contributed by atoms with Gasteiger partial charge in [-0.3, -0.25) is 14.4 Å². The number of methoxy groups -OCH3 is 1. The van der Waals surface area contributed by atoms with Crippen LogP contribution in [0.5, 0.6) is 5.75 Å². The van der Waals surface area contributed by atoms with E-state index in [0.29, 0.717) is 33.8 Å². The zero-order valence-corrected chi connectivity index (χ0v) is 19.7. The van der Waals surface area contributed by atoms with E-state index in [-0.39, 0.29) is 23.7 Å². The van der Waals surface area contributed by atoms with E-state index in [0.717, 1.165) is 0 Å². The Kier molecular flexibility index (Phi) is 6.91. The molecule has 0 aliphatic rings. The zero-order valence-electron chi connectivity index (χ0n) is 19.7. The molecule has 8 nitrogen and oxygen atoms in total. The van der Waals surface area contributed by atoms with Crippen molar-refractivity contribution in [3.63, 3.8) is 0 Å². The van der Waals surface area contributed by atoms with Crippen molar-refractivity contribution in [3.05, 3.63) is 94.4 Å². The molecule has 0 radical (unpaired) electrons. The SMILES string of the molecule is COc1ccc(-n2nc(C(=O)NCC(=O)Nc3ccc(C(C)C)cc3)c3ccccc3c2=O)cc1. The fraction of sp³-hybridized carbons (Fsp3) is 0.185. The molecule has 1 heterocycles. The maximum absolute atomic E-state index is 13.1. The van der Waals surface area contributed by atoms with Crippen molar-refractivity contribution in [3.8, 4) is 11.4 Å². The number of anilines is 1. The number of rotatable bonds is 7. The highest BCUT2D eigenvalue weighted by atomic mass is 16.5. The van der Waals surface area contributed by atoms with Gasteiger partial charge >= 0.3 is 0 Å². The maximum atomic E-state index is 13.1. The number of nitrogens with zero attached hydrogens (tertiary/aromatic N) is 2. The lowest BCUT2D eigenvalue weighted by molar-refractivity contribution is -0.115. The first kappa shape index (κ1) is 23.7. The van der Waals surface area contributed by atoms with Crippen LogP contribution >= 0.6 is 0 Å². The van der Waals surface area contributed by atoms with Gasteiger partial charge in [0, 0.05) is 11.1 Å². The summed E-state index contributed by atoms with van der Waals surface area (Å²) >= 11 is 0. The average Bonchev–Trinajstić information content (AvgIpc) is 2.88. The molecule has 0 bridgehead atoms. The number of carbonyl (C=O) groups excluding carboxylic acids is 2. The van der Waals surface area contributed by atoms with Gasteiger partial charge in [0.05, 0.1) is 24.7 Å². The van der Waals surface area contributed by atoms with E-state index in [1.54, 1.807) is 55.6 Å². The van der Waals surface area contributed by atoms with E-state index >= 15 is 0 Å². The van der Waals surface area contributed by atoms with E-state index in [2.05, 4.69) is 29.6 Å². The molecule has 0 spiro atoms. The lowest BCUT2D eigenvalue weighted by atomic mass is 10.0. The summed E-state index contributed by atoms with van der Waals surface area (Å²) in [6.07, 6.45) is 0. The van der Waals surface area contributed by atoms with Crippen LogP contribution in [0.25, 0.3) is 16.5 Å². The van der Waals surface area contributed by atoms with Gasteiger partial charge in [0.2, 0.25) is 5.91 Å². The fourth-order valence-electron chi connectivity index (χ4n) is 3.66. The molecule has 1 aromatic heterocycles. The number of hydrogen-bond donors (Lipinski definition) is 2. The molecule has 0 saturated heterocycles. The topological polar surface area (TPSA) is 102 Å². The smallest absolute Gasteiger partial charge is 0.279 e. The molecule has 178 valence electrons. The van der Waals surface area contributed by atoms with Gasteiger partial charge in [-0.15, -0.1) is 0 Å². The quantitative estimate of drug-likeness (QED) is 0.427. The Morgan fingerprint density at radius 1 is 0.943 bits per heavy atom. The first-order valence-electron chi connectivity index (χ1n) is 11.2. The van der Waals surface area contributed by atoms with Crippen molar-refractivity contribution in [2.75, 3.05) is 19.0 Å². The number of benzene rings is 3. The number of hydrogen-bond acceptors (Lipinski definition) is 5. The molecule has 0 unspecified atom stereocenters. The molecule has 8 heteroatoms. The highest BCUT2D eigenvalue weighted by Crippen LogP contribution is 2.18. The van der Waals surface area contributed by atoms with E-state index in [4.69, 9.17) is 4.74 Å². The highest BCUT2D eigenvalue weighted by Gasteiger charge is 2.18. The van der Waals surface area contributed by atoms with E-state index < -0.39 is 5.91 Å². The number of aromatic nitrogens is 2. The predicted octanol–water partition coefficient (Wildman–Crippen LogP) is 3.89. The summed E-state index contributed by atoms with van der Waals surface area (Å²) in [5, 5.41) is 10.5. The van der Waals surface area contributed by atoms with Gasteiger partial charge in [-0.2, -0.15) is 9.78 Å². The average molecular weight is 471 g/mol. The van der Waals surface area contributed by atoms with Crippen LogP contribution < -0.4 is 20.9 Å². The third-order valence-electron chi connectivity index (χ3n) is 5.61. The van der Waals surface area contributed by atoms with E-state index in [1.807, 2.05) is 24.3 Å². The number of nitrogens with one attached hydrogen (secondary N) is 2. The van der Waals surface area contributed by atoms with Crippen LogP contribution in [0.15, 0.2) is 77.6 Å². The lowest BCUT2D eigenvalue weighted by Gasteiger charge is -2.12. The Morgan fingerprint density at radius 2 is 1.60 bits per heavy atom. The van der Waals surface area contributed by atoms with Crippen LogP contribution in [0.3, 0.4) is 0 Å². The maximum Gasteiger partial charge on any atom is 0.279 e. The summed E-state index contributed by atoms with van der Waals surface area (Å²) in [5.74, 6) is 0.0881. The summed E-state index contributed by atoms with van der Waals surface area (Å²) in [6, 6.07) is 21.1. The second-order valence-corrected chi connectivity index (χ2v) is 8.32. The summed E-state index contributed by atoms with van der Waals surface area (Å²) < 4.78 is 6.34. The molecule has 0 aliphatic heterocycles. The van der Waals surface area contributed by atoms with Crippen molar-refractivity contribution in [2.24, 2.45) is 0 Å². The van der Waals surface area contributed by atoms with E-state index in [1.165, 1.54) is 10.2 Å². The second-order valence-electron chi connectivity index (χ2n) is 8.32. The van der Waals surface area contributed by atoms with E-state index in [9.17, 15) is 14.4 Å². The molecule has 35 heavy (non-hydrogen) atoms. The molecule has 4 aromatic rings. The number of ether oxygens (including phenoxy) is 1. The molecule has 3 aromatic carbocycles. The molecule has 0 saturated carbocycles. The first-order valence-corrected chi connectivity index (χ1v) is 11.2. The number of fused-ring (bicyclic) bond motifs is 1. The Labute approximate surface area is 202 Å². The monoisotopic (exact) mass is 470 g/mol. The minimum absolute atomic E-state index is 0.0464. The Morgan fingerprint density at radius 3 is 2.23 bits per heavy atom. The van der Waals surface area contributed by atoms with Gasteiger partial charge in [0.1, 0.15) is 5.75 Å². The first-order chi connectivity index (χ1) is 16.9. The normalized spacial score (nSPS) is 10.9. The van der Waals surface area contributed by atoms with Crippen LogP contribution in [-0.2, 0) is 4.79 Å². The Hall–Kier alpha value is -4.46. The largest absolute Gasteiger partial charge is 0.497 e. The molecule has 0 atom stereocenters. The van der Waals surface area contributed by atoms with Crippen molar-refractivity contribution in [1.82, 2.24) is 15.1 Å². The molecule has 2 N–H and O–H groups in total. The number of amides is 2. The molecule has 0 aliphatic carbocycles. The van der Waals surface area contributed by atoms with Crippen molar-refractivity contribution in [1.29, 1.82) is 0 Å². The highest BCUT2D eigenvalue weighted by molar-refractivity contribution is 6.06. The van der Waals surface area contributed by atoms with Gasteiger partial charge in [-0.1, -0.05) is 44.2 Å².